The molecule has 0 aromatic carbocycles. The first-order valence-electron chi connectivity index (χ1n) is 14.0. The highest BCUT2D eigenvalue weighted by Gasteiger charge is 2.44. The van der Waals surface area contributed by atoms with E-state index in [2.05, 4.69) is 34.6 Å². The molecule has 204 valence electrons. The van der Waals surface area contributed by atoms with Gasteiger partial charge in [-0.1, -0.05) is 25.7 Å². The van der Waals surface area contributed by atoms with Gasteiger partial charge in [-0.15, -0.1) is 0 Å². The second-order valence-corrected chi connectivity index (χ2v) is 12.0. The van der Waals surface area contributed by atoms with E-state index in [1.54, 1.807) is 10.8 Å². The van der Waals surface area contributed by atoms with Crippen LogP contribution in [0.1, 0.15) is 75.5 Å². The number of hydrogen-bond donors (Lipinski definition) is 2. The van der Waals surface area contributed by atoms with Gasteiger partial charge >= 0.3 is 11.9 Å². The second kappa shape index (κ2) is 9.70. The van der Waals surface area contributed by atoms with Gasteiger partial charge in [-0.3, -0.25) is 18.8 Å². The van der Waals surface area contributed by atoms with Gasteiger partial charge in [0.15, 0.2) is 0 Å². The molecule has 0 spiro atoms. The minimum Gasteiger partial charge on any atom is -0.296 e. The molecule has 6 rings (SSSR count). The number of nitrogens with one attached hydrogen (secondary N) is 2. The Bertz CT molecular complexity index is 1190. The summed E-state index contributed by atoms with van der Waals surface area (Å²) in [6.07, 6.45) is 7.41. The van der Waals surface area contributed by atoms with Gasteiger partial charge in [0.25, 0.3) is 0 Å². The van der Waals surface area contributed by atoms with Crippen molar-refractivity contribution in [2.45, 2.75) is 89.3 Å². The van der Waals surface area contributed by atoms with Crippen molar-refractivity contribution in [3.8, 4) is 0 Å². The van der Waals surface area contributed by atoms with E-state index in [0.29, 0.717) is 35.9 Å². The SMILES string of the molecule is C[C@H]1CCN1Cc1cc(C(F)(F)F)c2cn(C3CCCC([C@@H](C4CCC4)C4NNCN4C)C3)c(=O)n2c1. The zero-order valence-corrected chi connectivity index (χ0v) is 21.8. The fourth-order valence-electron chi connectivity index (χ4n) is 7.28. The molecule has 4 heterocycles. The molecule has 2 saturated heterocycles. The van der Waals surface area contributed by atoms with Crippen LogP contribution in [0.15, 0.2) is 23.3 Å². The molecule has 2 aliphatic carbocycles. The topological polar surface area (TPSA) is 57.0 Å². The van der Waals surface area contributed by atoms with Crippen LogP contribution in [0.25, 0.3) is 5.52 Å². The maximum absolute atomic E-state index is 14.1. The quantitative estimate of drug-likeness (QED) is 0.599. The standard InChI is InChI=1S/C27H39F3N6O/c1-17-9-10-34(17)13-18-11-22(27(28,29)30)23-15-35(26(37)36(23)14-18)21-8-4-7-20(12-21)24(19-5-3-6-19)25-32-31-16-33(25)2/h11,14-15,17,19-21,24-25,31-32H,3-10,12-13,16H2,1-2H3/t17-,20?,21?,24+,25?/m0/s1. The van der Waals surface area contributed by atoms with Crippen molar-refractivity contribution in [3.05, 3.63) is 40.1 Å². The summed E-state index contributed by atoms with van der Waals surface area (Å²) in [6, 6.07) is 1.53. The second-order valence-electron chi connectivity index (χ2n) is 12.0. The molecule has 0 amide bonds. The van der Waals surface area contributed by atoms with Crippen LogP contribution in [0.4, 0.5) is 13.2 Å². The summed E-state index contributed by atoms with van der Waals surface area (Å²) in [5.74, 6) is 1.57. The lowest BCUT2D eigenvalue weighted by Crippen LogP contribution is -2.50. The molecule has 10 heteroatoms. The van der Waals surface area contributed by atoms with Gasteiger partial charge in [0, 0.05) is 37.6 Å². The van der Waals surface area contributed by atoms with E-state index in [4.69, 9.17) is 0 Å². The number of imidazole rings is 1. The number of rotatable bonds is 6. The van der Waals surface area contributed by atoms with Gasteiger partial charge in [-0.2, -0.15) is 13.2 Å². The lowest BCUT2D eigenvalue weighted by molar-refractivity contribution is -0.136. The first-order valence-corrected chi connectivity index (χ1v) is 14.0. The third-order valence-electron chi connectivity index (χ3n) is 9.73. The predicted octanol–water partition coefficient (Wildman–Crippen LogP) is 4.18. The predicted molar refractivity (Wildman–Crippen MR) is 136 cm³/mol. The number of hydrogen-bond acceptors (Lipinski definition) is 5. The maximum atomic E-state index is 14.1. The zero-order valence-electron chi connectivity index (χ0n) is 21.8. The summed E-state index contributed by atoms with van der Waals surface area (Å²) >= 11 is 0. The molecule has 0 radical (unpaired) electrons. The first-order chi connectivity index (χ1) is 17.7. The number of nitrogens with zero attached hydrogens (tertiary/aromatic N) is 4. The van der Waals surface area contributed by atoms with E-state index in [0.717, 1.165) is 45.3 Å². The van der Waals surface area contributed by atoms with Crippen molar-refractivity contribution < 1.29 is 13.2 Å². The Hall–Kier alpha value is -1.88. The molecule has 2 saturated carbocycles. The van der Waals surface area contributed by atoms with Gasteiger partial charge in [0.2, 0.25) is 0 Å². The third kappa shape index (κ3) is 4.64. The van der Waals surface area contributed by atoms with E-state index in [1.165, 1.54) is 35.9 Å². The van der Waals surface area contributed by atoms with Crippen molar-refractivity contribution in [3.63, 3.8) is 0 Å². The van der Waals surface area contributed by atoms with E-state index in [-0.39, 0.29) is 23.4 Å². The number of aromatic nitrogens is 2. The van der Waals surface area contributed by atoms with Gasteiger partial charge < -0.3 is 0 Å². The van der Waals surface area contributed by atoms with Crippen molar-refractivity contribution in [1.29, 1.82) is 0 Å². The van der Waals surface area contributed by atoms with E-state index in [9.17, 15) is 18.0 Å². The van der Waals surface area contributed by atoms with Gasteiger partial charge in [-0.05, 0) is 69.0 Å². The molecule has 5 atom stereocenters. The average molecular weight is 521 g/mol. The number of hydrazine groups is 1. The van der Waals surface area contributed by atoms with E-state index >= 15 is 0 Å². The molecule has 2 N–H and O–H groups in total. The number of alkyl halides is 3. The van der Waals surface area contributed by atoms with Crippen LogP contribution in [0, 0.1) is 17.8 Å². The van der Waals surface area contributed by atoms with Crippen LogP contribution in [0.3, 0.4) is 0 Å². The highest BCUT2D eigenvalue weighted by Crippen LogP contribution is 2.47. The van der Waals surface area contributed by atoms with Crippen LogP contribution in [-0.2, 0) is 12.7 Å². The van der Waals surface area contributed by atoms with Crippen LogP contribution < -0.4 is 16.5 Å². The monoisotopic (exact) mass is 520 g/mol. The smallest absolute Gasteiger partial charge is 0.296 e. The molecule has 2 aromatic rings. The zero-order chi connectivity index (χ0) is 25.9. The minimum absolute atomic E-state index is 0.0306. The fraction of sp³-hybridized carbons (Fsp3) is 0.741. The van der Waals surface area contributed by atoms with Crippen molar-refractivity contribution in [1.82, 2.24) is 29.6 Å². The molecule has 3 unspecified atom stereocenters. The summed E-state index contributed by atoms with van der Waals surface area (Å²) in [5.41, 5.74) is 6.20. The summed E-state index contributed by atoms with van der Waals surface area (Å²) < 4.78 is 45.3. The number of halogens is 3. The molecule has 4 aliphatic rings. The van der Waals surface area contributed by atoms with Gasteiger partial charge in [0.1, 0.15) is 0 Å². The average Bonchev–Trinajstić information content (AvgIpc) is 3.40. The molecular formula is C27H39F3N6O. The Morgan fingerprint density at radius 3 is 2.43 bits per heavy atom. The Labute approximate surface area is 216 Å². The number of fused-ring (bicyclic) bond motifs is 1. The first kappa shape index (κ1) is 25.4. The molecule has 4 fully saturated rings. The van der Waals surface area contributed by atoms with Crippen molar-refractivity contribution in [2.75, 3.05) is 20.3 Å². The highest BCUT2D eigenvalue weighted by atomic mass is 19.4. The Morgan fingerprint density at radius 2 is 1.84 bits per heavy atom. The van der Waals surface area contributed by atoms with Crippen LogP contribution in [0.2, 0.25) is 0 Å². The van der Waals surface area contributed by atoms with E-state index in [1.807, 2.05) is 0 Å². The molecule has 37 heavy (non-hydrogen) atoms. The molecule has 2 aromatic heterocycles. The normalized spacial score (nSPS) is 30.9. The Balaban J connectivity index is 1.32. The summed E-state index contributed by atoms with van der Waals surface area (Å²) in [7, 11) is 2.13. The summed E-state index contributed by atoms with van der Waals surface area (Å²) in [5, 5.41) is 0. The van der Waals surface area contributed by atoms with Crippen molar-refractivity contribution >= 4 is 5.52 Å². The molecule has 2 aliphatic heterocycles. The maximum Gasteiger partial charge on any atom is 0.418 e. The molecule has 0 bridgehead atoms. The molecule has 7 nitrogen and oxygen atoms in total. The largest absolute Gasteiger partial charge is 0.418 e. The van der Waals surface area contributed by atoms with Gasteiger partial charge in [-0.25, -0.2) is 15.6 Å². The van der Waals surface area contributed by atoms with E-state index < -0.39 is 11.7 Å². The van der Waals surface area contributed by atoms with Crippen LogP contribution in [0.5, 0.6) is 0 Å². The van der Waals surface area contributed by atoms with Crippen LogP contribution >= 0.6 is 0 Å². The number of likely N-dealkylation sites (tertiary alicyclic amines) is 1. The lowest BCUT2D eigenvalue weighted by atomic mass is 9.65. The fourth-order valence-corrected chi connectivity index (χ4v) is 7.28. The summed E-state index contributed by atoms with van der Waals surface area (Å²) in [6.45, 7) is 4.19. The lowest BCUT2D eigenvalue weighted by Gasteiger charge is -2.46. The Morgan fingerprint density at radius 1 is 1.08 bits per heavy atom. The van der Waals surface area contributed by atoms with Gasteiger partial charge in [0.05, 0.1) is 23.9 Å². The highest BCUT2D eigenvalue weighted by molar-refractivity contribution is 5.56. The molecular weight excluding hydrogens is 481 g/mol. The van der Waals surface area contributed by atoms with Crippen LogP contribution in [-0.4, -0.2) is 51.2 Å². The van der Waals surface area contributed by atoms with Crippen molar-refractivity contribution in [2.24, 2.45) is 17.8 Å². The minimum atomic E-state index is -4.52. The number of pyridine rings is 1. The third-order valence-corrected chi connectivity index (χ3v) is 9.73. The summed E-state index contributed by atoms with van der Waals surface area (Å²) in [4.78, 5) is 18.1. The Kier molecular flexibility index (Phi) is 6.66.